The summed E-state index contributed by atoms with van der Waals surface area (Å²) in [6.45, 7) is 3.81. The molecule has 1 fully saturated rings. The Morgan fingerprint density at radius 2 is 1.90 bits per heavy atom. The maximum atomic E-state index is 12.7. The zero-order chi connectivity index (χ0) is 21.8. The molecular formula is C24H30N4O3. The zero-order valence-electron chi connectivity index (χ0n) is 18.3. The second-order valence-corrected chi connectivity index (χ2v) is 8.27. The van der Waals surface area contributed by atoms with Gasteiger partial charge in [0.1, 0.15) is 5.65 Å². The van der Waals surface area contributed by atoms with Crippen molar-refractivity contribution in [3.8, 4) is 0 Å². The van der Waals surface area contributed by atoms with Gasteiger partial charge in [0.15, 0.2) is 0 Å². The molecule has 0 amide bonds. The van der Waals surface area contributed by atoms with E-state index >= 15 is 0 Å². The third-order valence-corrected chi connectivity index (χ3v) is 6.21. The number of aromatic nitrogens is 3. The fraction of sp³-hybridized carbons (Fsp3) is 0.458. The number of ether oxygens (including phenoxy) is 1. The lowest BCUT2D eigenvalue weighted by molar-refractivity contribution is 0.186. The predicted octanol–water partition coefficient (Wildman–Crippen LogP) is 2.16. The Hall–Kier alpha value is -2.77. The van der Waals surface area contributed by atoms with Gasteiger partial charge in [0, 0.05) is 38.9 Å². The standard InChI is InChI=1S/C24H30N4O3/c1-26-23(29)20-10-11-21(25-22(20)28(24(26)30)15-16-31-2)19-9-6-13-27(17-19)14-12-18-7-4-3-5-8-18/h3-5,7-8,10-11,19H,6,9,12-17H2,1-2H3/t19-/m0/s1. The molecule has 31 heavy (non-hydrogen) atoms. The zero-order valence-corrected chi connectivity index (χ0v) is 18.3. The maximum absolute atomic E-state index is 12.7. The van der Waals surface area contributed by atoms with Crippen LogP contribution in [0.5, 0.6) is 0 Å². The molecule has 2 aromatic heterocycles. The number of hydrogen-bond donors (Lipinski definition) is 0. The van der Waals surface area contributed by atoms with E-state index in [1.54, 1.807) is 11.7 Å². The quantitative estimate of drug-likeness (QED) is 0.584. The maximum Gasteiger partial charge on any atom is 0.332 e. The van der Waals surface area contributed by atoms with Crippen LogP contribution < -0.4 is 11.2 Å². The SMILES string of the molecule is COCCn1c(=O)n(C)c(=O)c2ccc([C@H]3CCCN(CCc4ccccc4)C3)nc21. The number of hydrogen-bond acceptors (Lipinski definition) is 5. The summed E-state index contributed by atoms with van der Waals surface area (Å²) >= 11 is 0. The van der Waals surface area contributed by atoms with Gasteiger partial charge in [0.05, 0.1) is 18.5 Å². The third-order valence-electron chi connectivity index (χ3n) is 6.21. The van der Waals surface area contributed by atoms with Crippen molar-refractivity contribution in [1.82, 2.24) is 19.0 Å². The summed E-state index contributed by atoms with van der Waals surface area (Å²) in [5, 5.41) is 0.471. The van der Waals surface area contributed by atoms with Crippen LogP contribution in [-0.2, 0) is 24.8 Å². The first kappa shape index (κ1) is 21.5. The van der Waals surface area contributed by atoms with Crippen molar-refractivity contribution in [2.45, 2.75) is 31.7 Å². The van der Waals surface area contributed by atoms with Crippen LogP contribution in [0.1, 0.15) is 30.0 Å². The second-order valence-electron chi connectivity index (χ2n) is 8.27. The average Bonchev–Trinajstić information content (AvgIpc) is 2.82. The van der Waals surface area contributed by atoms with Crippen LogP contribution in [0.15, 0.2) is 52.1 Å². The summed E-state index contributed by atoms with van der Waals surface area (Å²) in [5.74, 6) is 0.295. The Labute approximate surface area is 181 Å². The van der Waals surface area contributed by atoms with Crippen molar-refractivity contribution < 1.29 is 4.74 Å². The molecule has 7 heteroatoms. The second kappa shape index (κ2) is 9.58. The van der Waals surface area contributed by atoms with Crippen LogP contribution in [0.2, 0.25) is 0 Å². The number of benzene rings is 1. The molecule has 0 radical (unpaired) electrons. The Kier molecular flexibility index (Phi) is 6.63. The highest BCUT2D eigenvalue weighted by Crippen LogP contribution is 2.26. The molecule has 0 spiro atoms. The van der Waals surface area contributed by atoms with E-state index in [2.05, 4.69) is 29.2 Å². The van der Waals surface area contributed by atoms with Crippen LogP contribution in [0.3, 0.4) is 0 Å². The molecule has 0 bridgehead atoms. The van der Waals surface area contributed by atoms with Gasteiger partial charge in [-0.2, -0.15) is 0 Å². The molecule has 0 aliphatic carbocycles. The van der Waals surface area contributed by atoms with E-state index in [1.165, 1.54) is 12.6 Å². The van der Waals surface area contributed by atoms with E-state index in [1.807, 2.05) is 18.2 Å². The first-order chi connectivity index (χ1) is 15.1. The lowest BCUT2D eigenvalue weighted by atomic mass is 9.93. The van der Waals surface area contributed by atoms with E-state index in [-0.39, 0.29) is 11.2 Å². The molecule has 4 rings (SSSR count). The molecule has 1 aliphatic heterocycles. The number of likely N-dealkylation sites (tertiary alicyclic amines) is 1. The number of nitrogens with zero attached hydrogens (tertiary/aromatic N) is 4. The van der Waals surface area contributed by atoms with Crippen LogP contribution in [0, 0.1) is 0 Å². The summed E-state index contributed by atoms with van der Waals surface area (Å²) in [4.78, 5) is 32.6. The number of pyridine rings is 1. The average molecular weight is 423 g/mol. The molecule has 3 heterocycles. The lowest BCUT2D eigenvalue weighted by Gasteiger charge is -2.32. The number of piperidine rings is 1. The van der Waals surface area contributed by atoms with Crippen molar-refractivity contribution >= 4 is 11.0 Å². The van der Waals surface area contributed by atoms with Gasteiger partial charge in [-0.25, -0.2) is 9.78 Å². The summed E-state index contributed by atoms with van der Waals surface area (Å²) in [5.41, 5.74) is 2.11. The summed E-state index contributed by atoms with van der Waals surface area (Å²) in [6, 6.07) is 14.3. The molecule has 1 aliphatic rings. The lowest BCUT2D eigenvalue weighted by Crippen LogP contribution is -2.39. The Morgan fingerprint density at radius 1 is 1.10 bits per heavy atom. The smallest absolute Gasteiger partial charge is 0.332 e. The number of fused-ring (bicyclic) bond motifs is 1. The largest absolute Gasteiger partial charge is 0.383 e. The normalized spacial score (nSPS) is 17.3. The van der Waals surface area contributed by atoms with Gasteiger partial charge >= 0.3 is 5.69 Å². The fourth-order valence-corrected chi connectivity index (χ4v) is 4.42. The van der Waals surface area contributed by atoms with Gasteiger partial charge in [-0.1, -0.05) is 30.3 Å². The monoisotopic (exact) mass is 422 g/mol. The number of rotatable bonds is 7. The molecule has 1 aromatic carbocycles. The van der Waals surface area contributed by atoms with E-state index in [0.29, 0.717) is 30.1 Å². The van der Waals surface area contributed by atoms with Crippen LogP contribution in [0.25, 0.3) is 11.0 Å². The highest BCUT2D eigenvalue weighted by molar-refractivity contribution is 5.74. The molecule has 3 aromatic rings. The van der Waals surface area contributed by atoms with Gasteiger partial charge in [-0.3, -0.25) is 13.9 Å². The van der Waals surface area contributed by atoms with Gasteiger partial charge in [-0.05, 0) is 43.5 Å². The molecule has 7 nitrogen and oxygen atoms in total. The highest BCUT2D eigenvalue weighted by Gasteiger charge is 2.23. The minimum atomic E-state index is -0.354. The topological polar surface area (TPSA) is 69.4 Å². The summed E-state index contributed by atoms with van der Waals surface area (Å²) < 4.78 is 7.86. The Bertz CT molecular complexity index is 1150. The van der Waals surface area contributed by atoms with E-state index < -0.39 is 0 Å². The molecular weight excluding hydrogens is 392 g/mol. The van der Waals surface area contributed by atoms with E-state index in [9.17, 15) is 9.59 Å². The summed E-state index contributed by atoms with van der Waals surface area (Å²) in [6.07, 6.45) is 3.21. The third kappa shape index (κ3) is 4.62. The van der Waals surface area contributed by atoms with E-state index in [4.69, 9.17) is 9.72 Å². The first-order valence-corrected chi connectivity index (χ1v) is 10.9. The van der Waals surface area contributed by atoms with Gasteiger partial charge in [0.2, 0.25) is 0 Å². The van der Waals surface area contributed by atoms with Gasteiger partial charge in [0.25, 0.3) is 5.56 Å². The Balaban J connectivity index is 1.59. The van der Waals surface area contributed by atoms with Crippen LogP contribution in [-0.4, -0.2) is 52.4 Å². The predicted molar refractivity (Wildman–Crippen MR) is 122 cm³/mol. The van der Waals surface area contributed by atoms with Gasteiger partial charge < -0.3 is 9.64 Å². The molecule has 164 valence electrons. The van der Waals surface area contributed by atoms with E-state index in [0.717, 1.165) is 49.2 Å². The fourth-order valence-electron chi connectivity index (χ4n) is 4.42. The molecule has 1 saturated heterocycles. The summed E-state index contributed by atoms with van der Waals surface area (Å²) in [7, 11) is 3.10. The van der Waals surface area contributed by atoms with Crippen molar-refractivity contribution in [3.05, 3.63) is 74.6 Å². The molecule has 0 unspecified atom stereocenters. The van der Waals surface area contributed by atoms with Crippen LogP contribution >= 0.6 is 0 Å². The van der Waals surface area contributed by atoms with Crippen molar-refractivity contribution in [1.29, 1.82) is 0 Å². The highest BCUT2D eigenvalue weighted by atomic mass is 16.5. The molecule has 1 atom stereocenters. The molecule has 0 N–H and O–H groups in total. The van der Waals surface area contributed by atoms with Gasteiger partial charge in [-0.15, -0.1) is 0 Å². The van der Waals surface area contributed by atoms with Crippen molar-refractivity contribution in [2.24, 2.45) is 7.05 Å². The Morgan fingerprint density at radius 3 is 2.68 bits per heavy atom. The molecule has 0 saturated carbocycles. The van der Waals surface area contributed by atoms with Crippen LogP contribution in [0.4, 0.5) is 0 Å². The first-order valence-electron chi connectivity index (χ1n) is 10.9. The van der Waals surface area contributed by atoms with Crippen molar-refractivity contribution in [3.63, 3.8) is 0 Å². The minimum absolute atomic E-state index is 0.295. The van der Waals surface area contributed by atoms with Crippen molar-refractivity contribution in [2.75, 3.05) is 33.4 Å². The number of methoxy groups -OCH3 is 1. The minimum Gasteiger partial charge on any atom is -0.383 e.